The van der Waals surface area contributed by atoms with E-state index in [-0.39, 0.29) is 12.5 Å². The molecule has 0 aromatic rings. The number of phosphoric ester groups is 1. The summed E-state index contributed by atoms with van der Waals surface area (Å²) in [5, 5.41) is 13.9. The molecule has 0 heterocycles. The van der Waals surface area contributed by atoms with Crippen molar-refractivity contribution in [3.8, 4) is 0 Å². The molecule has 3 atom stereocenters. The Morgan fingerprint density at radius 1 is 0.449 bits per heavy atom. The van der Waals surface area contributed by atoms with Crippen LogP contribution in [0.25, 0.3) is 0 Å². The van der Waals surface area contributed by atoms with Crippen LogP contribution < -0.4 is 10.2 Å². The molecule has 0 saturated carbocycles. The van der Waals surface area contributed by atoms with E-state index in [0.29, 0.717) is 17.4 Å². The lowest BCUT2D eigenvalue weighted by Gasteiger charge is -2.29. The number of phosphoric acid groups is 1. The Morgan fingerprint density at radius 2 is 0.756 bits per heavy atom. The summed E-state index contributed by atoms with van der Waals surface area (Å²) >= 11 is 0. The van der Waals surface area contributed by atoms with Gasteiger partial charge in [-0.3, -0.25) is 9.36 Å². The van der Waals surface area contributed by atoms with Crippen LogP contribution in [0.5, 0.6) is 0 Å². The molecule has 3 unspecified atom stereocenters. The largest absolute Gasteiger partial charge is 0.756 e. The zero-order chi connectivity index (χ0) is 57.0. The van der Waals surface area contributed by atoms with Crippen LogP contribution in [0.15, 0.2) is 48.6 Å². The molecule has 0 saturated heterocycles. The molecule has 2 N–H and O–H groups in total. The first-order chi connectivity index (χ1) is 38.0. The Bertz CT molecular complexity index is 1410. The second kappa shape index (κ2) is 60.1. The first-order valence-electron chi connectivity index (χ1n) is 34.0. The quantitative estimate of drug-likeness (QED) is 0.0272. The van der Waals surface area contributed by atoms with Gasteiger partial charge in [0.15, 0.2) is 0 Å². The average molecular weight is 1120 g/mol. The molecule has 0 spiro atoms. The van der Waals surface area contributed by atoms with E-state index in [9.17, 15) is 19.4 Å². The van der Waals surface area contributed by atoms with Crippen molar-refractivity contribution in [3.05, 3.63) is 48.6 Å². The molecule has 0 fully saturated rings. The highest BCUT2D eigenvalue weighted by molar-refractivity contribution is 7.45. The number of carbonyl (C=O) groups excluding carboxylic acids is 1. The number of aliphatic hydroxyl groups excluding tert-OH is 1. The molecule has 0 rings (SSSR count). The maximum atomic E-state index is 13.0. The summed E-state index contributed by atoms with van der Waals surface area (Å²) in [4.78, 5) is 25.6. The van der Waals surface area contributed by atoms with Gasteiger partial charge in [0, 0.05) is 6.42 Å². The molecular formula is C69H133N2O6P. The highest BCUT2D eigenvalue weighted by Gasteiger charge is 2.23. The van der Waals surface area contributed by atoms with E-state index in [1.165, 1.54) is 270 Å². The number of rotatable bonds is 63. The zero-order valence-corrected chi connectivity index (χ0v) is 53.5. The maximum Gasteiger partial charge on any atom is 0.268 e. The number of amides is 1. The van der Waals surface area contributed by atoms with Crippen LogP contribution in [0, 0.1) is 0 Å². The van der Waals surface area contributed by atoms with E-state index in [1.54, 1.807) is 6.08 Å². The van der Waals surface area contributed by atoms with Gasteiger partial charge >= 0.3 is 0 Å². The molecular weight excluding hydrogens is 984 g/mol. The van der Waals surface area contributed by atoms with Crippen LogP contribution in [-0.2, 0) is 18.4 Å². The summed E-state index contributed by atoms with van der Waals surface area (Å²) in [5.74, 6) is -0.201. The fourth-order valence-electron chi connectivity index (χ4n) is 10.2. The van der Waals surface area contributed by atoms with Crippen molar-refractivity contribution in [2.75, 3.05) is 40.9 Å². The molecule has 0 aliphatic rings. The van der Waals surface area contributed by atoms with Crippen molar-refractivity contribution in [2.45, 2.75) is 347 Å². The number of nitrogens with zero attached hydrogens (tertiary/aromatic N) is 1. The highest BCUT2D eigenvalue weighted by atomic mass is 31.2. The smallest absolute Gasteiger partial charge is 0.268 e. The molecule has 0 radical (unpaired) electrons. The topological polar surface area (TPSA) is 108 Å². The first-order valence-corrected chi connectivity index (χ1v) is 35.5. The number of allylic oxidation sites excluding steroid dienone is 7. The molecule has 1 amide bonds. The van der Waals surface area contributed by atoms with Gasteiger partial charge in [0.1, 0.15) is 13.2 Å². The van der Waals surface area contributed by atoms with Crippen LogP contribution in [0.3, 0.4) is 0 Å². The summed E-state index contributed by atoms with van der Waals surface area (Å²) in [6.45, 7) is 4.67. The second-order valence-electron chi connectivity index (χ2n) is 24.5. The summed E-state index contributed by atoms with van der Waals surface area (Å²) in [6.07, 6.45) is 80.9. The minimum Gasteiger partial charge on any atom is -0.756 e. The minimum absolute atomic E-state index is 0.00540. The summed E-state index contributed by atoms with van der Waals surface area (Å²) < 4.78 is 23.4. The van der Waals surface area contributed by atoms with E-state index in [4.69, 9.17) is 9.05 Å². The Kier molecular flexibility index (Phi) is 58.9. The zero-order valence-electron chi connectivity index (χ0n) is 52.6. The molecule has 0 aromatic carbocycles. The molecule has 78 heavy (non-hydrogen) atoms. The fraction of sp³-hybridized carbons (Fsp3) is 0.870. The number of likely N-dealkylation sites (N-methyl/N-ethyl adjacent to an activating group) is 1. The van der Waals surface area contributed by atoms with Gasteiger partial charge in [-0.1, -0.05) is 313 Å². The molecule has 9 heteroatoms. The minimum atomic E-state index is -4.61. The number of nitrogens with one attached hydrogen (secondary N) is 1. The number of hydrogen-bond acceptors (Lipinski definition) is 6. The monoisotopic (exact) mass is 1120 g/mol. The molecule has 8 nitrogen and oxygen atoms in total. The van der Waals surface area contributed by atoms with Crippen molar-refractivity contribution >= 4 is 13.7 Å². The number of unbranched alkanes of at least 4 members (excludes halogenated alkanes) is 44. The number of aliphatic hydroxyl groups is 1. The Labute approximate surface area is 486 Å². The fourth-order valence-corrected chi connectivity index (χ4v) is 10.9. The van der Waals surface area contributed by atoms with Crippen molar-refractivity contribution in [1.29, 1.82) is 0 Å². The third-order valence-electron chi connectivity index (χ3n) is 15.5. The summed E-state index contributed by atoms with van der Waals surface area (Å²) in [6, 6.07) is -0.904. The lowest BCUT2D eigenvalue weighted by atomic mass is 10.0. The standard InChI is InChI=1S/C69H133N2O6P/c1-6-8-10-12-14-16-18-20-22-24-26-28-30-32-33-34-35-36-37-39-41-43-45-47-49-51-53-55-57-59-61-63-69(73)70-67(66-77-78(74,75)76-65-64-71(3,4)5)68(72)62-60-58-56-54-52-50-48-46-44-42-40-38-31-29-27-25-23-21-19-17-15-13-11-9-7-2/h18,20,24,26,52,54,60,62,67-68,72H,6-17,19,21-23,25,27-51,53,55-59,61,63-66H2,1-5H3,(H-,70,73,74,75)/b20-18-,26-24-,54-52+,62-60+. The third-order valence-corrected chi connectivity index (χ3v) is 16.5. The van der Waals surface area contributed by atoms with Gasteiger partial charge in [-0.25, -0.2) is 0 Å². The lowest BCUT2D eigenvalue weighted by molar-refractivity contribution is -0.870. The van der Waals surface area contributed by atoms with Crippen LogP contribution in [-0.4, -0.2) is 68.5 Å². The van der Waals surface area contributed by atoms with Crippen molar-refractivity contribution in [3.63, 3.8) is 0 Å². The first kappa shape index (κ1) is 76.5. The molecule has 0 aromatic heterocycles. The van der Waals surface area contributed by atoms with Gasteiger partial charge in [-0.15, -0.1) is 0 Å². The van der Waals surface area contributed by atoms with Crippen LogP contribution in [0.2, 0.25) is 0 Å². The SMILES string of the molecule is CCCCCCC/C=C\C/C=C\CCCCCCCCCCCCCCCCCCCCCC(=O)NC(COP(=O)([O-])OCC[N+](C)(C)C)C(O)/C=C/CC/C=C/CCCCCCCCCCCCCCCCCCCCC. The summed E-state index contributed by atoms with van der Waals surface area (Å²) in [5.41, 5.74) is 0. The van der Waals surface area contributed by atoms with Gasteiger partial charge in [0.25, 0.3) is 7.82 Å². The molecule has 460 valence electrons. The van der Waals surface area contributed by atoms with Gasteiger partial charge in [-0.05, 0) is 64.2 Å². The third kappa shape index (κ3) is 62.1. The van der Waals surface area contributed by atoms with Gasteiger partial charge < -0.3 is 28.8 Å². The highest BCUT2D eigenvalue weighted by Crippen LogP contribution is 2.38. The van der Waals surface area contributed by atoms with Gasteiger partial charge in [-0.2, -0.15) is 0 Å². The predicted octanol–water partition coefficient (Wildman–Crippen LogP) is 20.8. The van der Waals surface area contributed by atoms with E-state index < -0.39 is 26.6 Å². The van der Waals surface area contributed by atoms with Gasteiger partial charge in [0.05, 0.1) is 39.9 Å². The lowest BCUT2D eigenvalue weighted by Crippen LogP contribution is -2.45. The predicted molar refractivity (Wildman–Crippen MR) is 339 cm³/mol. The van der Waals surface area contributed by atoms with E-state index >= 15 is 0 Å². The Balaban J connectivity index is 4.09. The van der Waals surface area contributed by atoms with Crippen LogP contribution in [0.1, 0.15) is 335 Å². The van der Waals surface area contributed by atoms with Crippen molar-refractivity contribution < 1.29 is 32.9 Å². The van der Waals surface area contributed by atoms with Crippen LogP contribution in [0.4, 0.5) is 0 Å². The number of quaternary nitrogens is 1. The van der Waals surface area contributed by atoms with Crippen LogP contribution >= 0.6 is 7.82 Å². The number of hydrogen-bond donors (Lipinski definition) is 2. The van der Waals surface area contributed by atoms with Crippen molar-refractivity contribution in [2.24, 2.45) is 0 Å². The molecule has 0 aliphatic carbocycles. The second-order valence-corrected chi connectivity index (χ2v) is 25.9. The van der Waals surface area contributed by atoms with Gasteiger partial charge in [0.2, 0.25) is 5.91 Å². The Morgan fingerprint density at radius 3 is 1.12 bits per heavy atom. The number of carbonyl (C=O) groups is 1. The maximum absolute atomic E-state index is 13.0. The van der Waals surface area contributed by atoms with Crippen molar-refractivity contribution in [1.82, 2.24) is 5.32 Å². The van der Waals surface area contributed by atoms with E-state index in [2.05, 4.69) is 55.6 Å². The van der Waals surface area contributed by atoms with E-state index in [1.807, 2.05) is 27.2 Å². The summed E-state index contributed by atoms with van der Waals surface area (Å²) in [7, 11) is 1.26. The molecule has 0 bridgehead atoms. The molecule has 0 aliphatic heterocycles. The normalized spacial score (nSPS) is 14.0. The average Bonchev–Trinajstić information content (AvgIpc) is 3.41. The van der Waals surface area contributed by atoms with E-state index in [0.717, 1.165) is 44.9 Å². The Hall–Kier alpha value is -1.54.